The largest absolute Gasteiger partial charge is 0.486 e. The first-order valence-electron chi connectivity index (χ1n) is 10.1. The Morgan fingerprint density at radius 3 is 2.68 bits per heavy atom. The van der Waals surface area contributed by atoms with Crippen LogP contribution in [0.4, 0.5) is 17.1 Å². The number of nitrogens with zero attached hydrogens (tertiary/aromatic N) is 2. The molecule has 2 heterocycles. The predicted octanol–water partition coefficient (Wildman–Crippen LogP) is 1.70. The lowest BCUT2D eigenvalue weighted by molar-refractivity contribution is -0.123. The number of nitrogens with one attached hydrogen (secondary N) is 2. The third-order valence-electron chi connectivity index (χ3n) is 5.07. The first kappa shape index (κ1) is 20.7. The van der Waals surface area contributed by atoms with Crippen LogP contribution in [-0.2, 0) is 14.4 Å². The minimum absolute atomic E-state index is 0.0205. The maximum atomic E-state index is 12.9. The van der Waals surface area contributed by atoms with Crippen LogP contribution in [0.15, 0.2) is 42.5 Å². The molecule has 2 aromatic carbocycles. The number of ether oxygens (including phenoxy) is 2. The Balaban J connectivity index is 1.37. The van der Waals surface area contributed by atoms with Gasteiger partial charge in [0.15, 0.2) is 11.5 Å². The third kappa shape index (κ3) is 4.77. The van der Waals surface area contributed by atoms with Crippen molar-refractivity contribution >= 4 is 34.8 Å². The van der Waals surface area contributed by atoms with E-state index in [1.807, 2.05) is 13.0 Å². The van der Waals surface area contributed by atoms with Crippen LogP contribution in [0.25, 0.3) is 0 Å². The summed E-state index contributed by atoms with van der Waals surface area (Å²) in [4.78, 5) is 40.6. The standard InChI is InChI=1S/C22H24N4O5/c1-2-25(12-20(27)23-15-7-8-18-19(11-15)31-10-9-30-18)14-22(29)26-13-21(28)24-16-5-3-4-6-17(16)26/h3-8,11H,2,9-10,12-14H2,1H3,(H,23,27)(H,24,28). The maximum Gasteiger partial charge on any atom is 0.244 e. The zero-order chi connectivity index (χ0) is 21.8. The molecule has 9 heteroatoms. The summed E-state index contributed by atoms with van der Waals surface area (Å²) in [6.45, 7) is 3.36. The highest BCUT2D eigenvalue weighted by atomic mass is 16.6. The van der Waals surface area contributed by atoms with Crippen molar-refractivity contribution in [2.75, 3.05) is 54.9 Å². The van der Waals surface area contributed by atoms with Crippen molar-refractivity contribution in [3.05, 3.63) is 42.5 Å². The van der Waals surface area contributed by atoms with Crippen molar-refractivity contribution in [1.82, 2.24) is 4.90 Å². The number of hydrogen-bond acceptors (Lipinski definition) is 6. The lowest BCUT2D eigenvalue weighted by Crippen LogP contribution is -2.47. The van der Waals surface area contributed by atoms with Gasteiger partial charge in [0.05, 0.1) is 24.5 Å². The summed E-state index contributed by atoms with van der Waals surface area (Å²) >= 11 is 0. The molecule has 0 unspecified atom stereocenters. The quantitative estimate of drug-likeness (QED) is 0.732. The second-order valence-corrected chi connectivity index (χ2v) is 7.26. The van der Waals surface area contributed by atoms with E-state index < -0.39 is 0 Å². The normalized spacial score (nSPS) is 14.6. The second-order valence-electron chi connectivity index (χ2n) is 7.26. The number of carbonyl (C=O) groups excluding carboxylic acids is 3. The number of para-hydroxylation sites is 2. The summed E-state index contributed by atoms with van der Waals surface area (Å²) in [5, 5.41) is 5.59. The van der Waals surface area contributed by atoms with E-state index in [4.69, 9.17) is 9.47 Å². The molecule has 0 bridgehead atoms. The van der Waals surface area contributed by atoms with Gasteiger partial charge in [-0.2, -0.15) is 0 Å². The fraction of sp³-hybridized carbons (Fsp3) is 0.318. The summed E-state index contributed by atoms with van der Waals surface area (Å²) < 4.78 is 11.0. The molecule has 162 valence electrons. The number of anilines is 3. The van der Waals surface area contributed by atoms with E-state index in [0.717, 1.165) is 0 Å². The Morgan fingerprint density at radius 1 is 1.10 bits per heavy atom. The fourth-order valence-corrected chi connectivity index (χ4v) is 3.54. The molecule has 0 saturated carbocycles. The summed E-state index contributed by atoms with van der Waals surface area (Å²) in [7, 11) is 0. The van der Waals surface area contributed by atoms with Gasteiger partial charge in [0.25, 0.3) is 0 Å². The van der Waals surface area contributed by atoms with Crippen LogP contribution in [0.1, 0.15) is 6.92 Å². The zero-order valence-electron chi connectivity index (χ0n) is 17.2. The topological polar surface area (TPSA) is 100 Å². The van der Waals surface area contributed by atoms with Gasteiger partial charge in [-0.3, -0.25) is 24.2 Å². The van der Waals surface area contributed by atoms with Crippen molar-refractivity contribution in [2.45, 2.75) is 6.92 Å². The van der Waals surface area contributed by atoms with E-state index >= 15 is 0 Å². The molecule has 0 radical (unpaired) electrons. The Morgan fingerprint density at radius 2 is 1.87 bits per heavy atom. The van der Waals surface area contributed by atoms with Crippen molar-refractivity contribution in [1.29, 1.82) is 0 Å². The molecule has 2 aliphatic heterocycles. The van der Waals surface area contributed by atoms with Gasteiger partial charge in [-0.15, -0.1) is 0 Å². The van der Waals surface area contributed by atoms with Crippen LogP contribution in [-0.4, -0.2) is 62.0 Å². The van der Waals surface area contributed by atoms with E-state index in [-0.39, 0.29) is 37.4 Å². The highest BCUT2D eigenvalue weighted by Crippen LogP contribution is 2.32. The minimum atomic E-state index is -0.247. The molecule has 0 atom stereocenters. The molecular formula is C22H24N4O5. The smallest absolute Gasteiger partial charge is 0.244 e. The highest BCUT2D eigenvalue weighted by Gasteiger charge is 2.27. The average molecular weight is 424 g/mol. The fourth-order valence-electron chi connectivity index (χ4n) is 3.54. The van der Waals surface area contributed by atoms with Crippen LogP contribution in [0.3, 0.4) is 0 Å². The van der Waals surface area contributed by atoms with E-state index in [1.165, 1.54) is 4.90 Å². The first-order valence-corrected chi connectivity index (χ1v) is 10.1. The molecular weight excluding hydrogens is 400 g/mol. The van der Waals surface area contributed by atoms with E-state index in [2.05, 4.69) is 10.6 Å². The van der Waals surface area contributed by atoms with Crippen LogP contribution in [0.5, 0.6) is 11.5 Å². The van der Waals surface area contributed by atoms with Crippen molar-refractivity contribution in [3.8, 4) is 11.5 Å². The molecule has 2 N–H and O–H groups in total. The first-order chi connectivity index (χ1) is 15.0. The second kappa shape index (κ2) is 9.05. The SMILES string of the molecule is CCN(CC(=O)Nc1ccc2c(c1)OCCO2)CC(=O)N1CC(=O)Nc2ccccc21. The molecule has 2 aromatic rings. The number of hydrogen-bond donors (Lipinski definition) is 2. The summed E-state index contributed by atoms with van der Waals surface area (Å²) in [5.74, 6) is 0.510. The van der Waals surface area contributed by atoms with Gasteiger partial charge in [0.2, 0.25) is 17.7 Å². The monoisotopic (exact) mass is 424 g/mol. The Labute approximate surface area is 179 Å². The maximum absolute atomic E-state index is 12.9. The molecule has 0 aliphatic carbocycles. The van der Waals surface area contributed by atoms with Crippen molar-refractivity contribution in [3.63, 3.8) is 0 Å². The van der Waals surface area contributed by atoms with E-state index in [1.54, 1.807) is 41.3 Å². The van der Waals surface area contributed by atoms with Gasteiger partial charge in [-0.25, -0.2) is 0 Å². The number of carbonyl (C=O) groups is 3. The van der Waals surface area contributed by atoms with E-state index in [9.17, 15) is 14.4 Å². The van der Waals surface area contributed by atoms with Gasteiger partial charge in [0, 0.05) is 11.8 Å². The molecule has 3 amide bonds. The molecule has 31 heavy (non-hydrogen) atoms. The van der Waals surface area contributed by atoms with Crippen LogP contribution >= 0.6 is 0 Å². The third-order valence-corrected chi connectivity index (χ3v) is 5.07. The lowest BCUT2D eigenvalue weighted by Gasteiger charge is -2.31. The number of rotatable bonds is 6. The van der Waals surface area contributed by atoms with Crippen LogP contribution in [0.2, 0.25) is 0 Å². The number of benzene rings is 2. The van der Waals surface area contributed by atoms with Gasteiger partial charge >= 0.3 is 0 Å². The molecule has 9 nitrogen and oxygen atoms in total. The Bertz CT molecular complexity index is 1010. The van der Waals surface area contributed by atoms with E-state index in [0.29, 0.717) is 48.3 Å². The number of amides is 3. The number of likely N-dealkylation sites (N-methyl/N-ethyl adjacent to an activating group) is 1. The molecule has 4 rings (SSSR count). The Kier molecular flexibility index (Phi) is 6.03. The van der Waals surface area contributed by atoms with Crippen LogP contribution < -0.4 is 25.0 Å². The average Bonchev–Trinajstić information content (AvgIpc) is 2.77. The van der Waals surface area contributed by atoms with Gasteiger partial charge in [-0.05, 0) is 30.8 Å². The minimum Gasteiger partial charge on any atom is -0.486 e. The van der Waals surface area contributed by atoms with Gasteiger partial charge in [-0.1, -0.05) is 19.1 Å². The van der Waals surface area contributed by atoms with Gasteiger partial charge < -0.3 is 20.1 Å². The zero-order valence-corrected chi connectivity index (χ0v) is 17.2. The highest BCUT2D eigenvalue weighted by molar-refractivity contribution is 6.10. The van der Waals surface area contributed by atoms with Crippen LogP contribution in [0, 0.1) is 0 Å². The predicted molar refractivity (Wildman–Crippen MR) is 116 cm³/mol. The summed E-state index contributed by atoms with van der Waals surface area (Å²) in [6, 6.07) is 12.4. The van der Waals surface area contributed by atoms with Gasteiger partial charge in [0.1, 0.15) is 19.8 Å². The van der Waals surface area contributed by atoms with Crippen molar-refractivity contribution in [2.24, 2.45) is 0 Å². The molecule has 0 saturated heterocycles. The lowest BCUT2D eigenvalue weighted by atomic mass is 10.2. The molecule has 2 aliphatic rings. The summed E-state index contributed by atoms with van der Waals surface area (Å²) in [6.07, 6.45) is 0. The molecule has 0 fully saturated rings. The molecule has 0 spiro atoms. The molecule has 0 aromatic heterocycles. The summed E-state index contributed by atoms with van der Waals surface area (Å²) in [5.41, 5.74) is 1.86. The van der Waals surface area contributed by atoms with Crippen molar-refractivity contribution < 1.29 is 23.9 Å². The Hall–Kier alpha value is -3.59. The number of fused-ring (bicyclic) bond motifs is 2.